The molecule has 6 nitrogen and oxygen atoms in total. The zero-order valence-corrected chi connectivity index (χ0v) is 15.1. The van der Waals surface area contributed by atoms with Gasteiger partial charge in [0, 0.05) is 25.5 Å². The first-order valence-corrected chi connectivity index (χ1v) is 9.05. The van der Waals surface area contributed by atoms with E-state index in [-0.39, 0.29) is 12.6 Å². The zero-order valence-electron chi connectivity index (χ0n) is 15.1. The van der Waals surface area contributed by atoms with Crippen molar-refractivity contribution in [1.29, 1.82) is 0 Å². The standard InChI is InChI=1S/C21H25N3O3/c25-19(16-27-20-6-2-1-3-7-20)15-22-12-14-26-21-8-4-5-18(9-10-21)24-13-11-23-17-24/h1-11,13,17-19,22,25H,12,14-16H2. The van der Waals surface area contributed by atoms with Gasteiger partial charge in [-0.2, -0.15) is 0 Å². The van der Waals surface area contributed by atoms with Crippen molar-refractivity contribution in [2.75, 3.05) is 26.3 Å². The number of allylic oxidation sites excluding steroid dienone is 5. The fourth-order valence-corrected chi connectivity index (χ4v) is 2.60. The van der Waals surface area contributed by atoms with Crippen LogP contribution >= 0.6 is 0 Å². The van der Waals surface area contributed by atoms with Gasteiger partial charge in [0.05, 0.1) is 12.4 Å². The summed E-state index contributed by atoms with van der Waals surface area (Å²) in [5, 5.41) is 13.1. The topological polar surface area (TPSA) is 68.5 Å². The second kappa shape index (κ2) is 10.4. The van der Waals surface area contributed by atoms with Crippen molar-refractivity contribution in [3.8, 4) is 5.75 Å². The van der Waals surface area contributed by atoms with E-state index in [1.807, 2.05) is 59.3 Å². The molecule has 0 amide bonds. The van der Waals surface area contributed by atoms with Gasteiger partial charge < -0.3 is 24.5 Å². The van der Waals surface area contributed by atoms with E-state index in [9.17, 15) is 5.11 Å². The molecule has 0 saturated carbocycles. The Bertz CT molecular complexity index is 754. The highest BCUT2D eigenvalue weighted by Gasteiger charge is 2.06. The molecule has 1 aromatic carbocycles. The highest BCUT2D eigenvalue weighted by molar-refractivity contribution is 5.26. The van der Waals surface area contributed by atoms with E-state index in [0.717, 1.165) is 11.5 Å². The molecule has 2 atom stereocenters. The number of ether oxygens (including phenoxy) is 2. The molecule has 0 saturated heterocycles. The van der Waals surface area contributed by atoms with Crippen molar-refractivity contribution in [1.82, 2.24) is 14.9 Å². The van der Waals surface area contributed by atoms with E-state index in [1.54, 1.807) is 12.5 Å². The third-order valence-electron chi connectivity index (χ3n) is 4.01. The molecular weight excluding hydrogens is 342 g/mol. The molecule has 0 bridgehead atoms. The molecule has 0 fully saturated rings. The maximum Gasteiger partial charge on any atom is 0.119 e. The lowest BCUT2D eigenvalue weighted by Gasteiger charge is -2.13. The molecule has 1 aliphatic carbocycles. The molecule has 1 aliphatic rings. The monoisotopic (exact) mass is 367 g/mol. The van der Waals surface area contributed by atoms with E-state index < -0.39 is 6.10 Å². The fraction of sp³-hybridized carbons (Fsp3) is 0.286. The SMILES string of the molecule is OC(CNCCOC1=CC=CC(n2ccnc2)C=C1)COc1ccccc1. The highest BCUT2D eigenvalue weighted by Crippen LogP contribution is 2.15. The summed E-state index contributed by atoms with van der Waals surface area (Å²) in [7, 11) is 0. The van der Waals surface area contributed by atoms with Crippen LogP contribution in [-0.4, -0.2) is 47.1 Å². The van der Waals surface area contributed by atoms with Crippen molar-refractivity contribution >= 4 is 0 Å². The Hall–Kier alpha value is -2.83. The molecule has 3 rings (SSSR count). The Morgan fingerprint density at radius 2 is 2.07 bits per heavy atom. The molecular formula is C21H25N3O3. The number of imidazole rings is 1. The summed E-state index contributed by atoms with van der Waals surface area (Å²) in [5.41, 5.74) is 0. The number of hydrogen-bond acceptors (Lipinski definition) is 5. The van der Waals surface area contributed by atoms with Gasteiger partial charge in [-0.05, 0) is 24.3 Å². The molecule has 2 unspecified atom stereocenters. The molecule has 0 aliphatic heterocycles. The Balaban J connectivity index is 1.29. The minimum absolute atomic E-state index is 0.141. The number of para-hydroxylation sites is 1. The zero-order chi connectivity index (χ0) is 18.7. The molecule has 2 aromatic rings. The van der Waals surface area contributed by atoms with Crippen molar-refractivity contribution in [2.45, 2.75) is 12.1 Å². The first-order chi connectivity index (χ1) is 13.3. The average Bonchev–Trinajstić information content (AvgIpc) is 3.13. The van der Waals surface area contributed by atoms with Gasteiger partial charge in [0.1, 0.15) is 30.8 Å². The number of benzene rings is 1. The van der Waals surface area contributed by atoms with Crippen LogP contribution in [0.15, 0.2) is 85.2 Å². The summed E-state index contributed by atoms with van der Waals surface area (Å²) >= 11 is 0. The van der Waals surface area contributed by atoms with Crippen LogP contribution in [-0.2, 0) is 4.74 Å². The number of hydrogen-bond donors (Lipinski definition) is 2. The van der Waals surface area contributed by atoms with Gasteiger partial charge in [-0.25, -0.2) is 4.98 Å². The third kappa shape index (κ3) is 6.44. The molecule has 0 radical (unpaired) electrons. The molecule has 1 heterocycles. The quantitative estimate of drug-likeness (QED) is 0.632. The van der Waals surface area contributed by atoms with Crippen LogP contribution in [0.25, 0.3) is 0 Å². The number of nitrogens with zero attached hydrogens (tertiary/aromatic N) is 2. The highest BCUT2D eigenvalue weighted by atomic mass is 16.5. The minimum Gasteiger partial charge on any atom is -0.492 e. The Morgan fingerprint density at radius 3 is 2.89 bits per heavy atom. The first kappa shape index (κ1) is 18.9. The van der Waals surface area contributed by atoms with Gasteiger partial charge in [-0.15, -0.1) is 0 Å². The van der Waals surface area contributed by atoms with Gasteiger partial charge in [-0.3, -0.25) is 0 Å². The van der Waals surface area contributed by atoms with E-state index in [0.29, 0.717) is 19.7 Å². The van der Waals surface area contributed by atoms with Crippen molar-refractivity contribution in [3.05, 3.63) is 85.2 Å². The lowest BCUT2D eigenvalue weighted by molar-refractivity contribution is 0.104. The summed E-state index contributed by atoms with van der Waals surface area (Å²) in [4.78, 5) is 4.07. The number of nitrogens with one attached hydrogen (secondary N) is 1. The number of aliphatic hydroxyl groups is 1. The van der Waals surface area contributed by atoms with Gasteiger partial charge in [0.2, 0.25) is 0 Å². The van der Waals surface area contributed by atoms with E-state index in [2.05, 4.69) is 22.5 Å². The van der Waals surface area contributed by atoms with Gasteiger partial charge >= 0.3 is 0 Å². The van der Waals surface area contributed by atoms with Crippen LogP contribution < -0.4 is 10.1 Å². The summed E-state index contributed by atoms with van der Waals surface area (Å²) in [5.74, 6) is 1.57. The number of aliphatic hydroxyl groups excluding tert-OH is 1. The Morgan fingerprint density at radius 1 is 1.19 bits per heavy atom. The summed E-state index contributed by atoms with van der Waals surface area (Å²) in [6.45, 7) is 1.87. The van der Waals surface area contributed by atoms with Crippen LogP contribution in [0.1, 0.15) is 6.04 Å². The molecule has 0 spiro atoms. The number of rotatable bonds is 10. The average molecular weight is 367 g/mol. The summed E-state index contributed by atoms with van der Waals surface area (Å²) in [6.07, 6.45) is 15.0. The van der Waals surface area contributed by atoms with Crippen LogP contribution in [0.3, 0.4) is 0 Å². The fourth-order valence-electron chi connectivity index (χ4n) is 2.60. The maximum absolute atomic E-state index is 9.95. The smallest absolute Gasteiger partial charge is 0.119 e. The Labute approximate surface area is 159 Å². The van der Waals surface area contributed by atoms with Crippen LogP contribution in [0.4, 0.5) is 0 Å². The normalized spacial score (nSPS) is 17.2. The van der Waals surface area contributed by atoms with E-state index >= 15 is 0 Å². The third-order valence-corrected chi connectivity index (χ3v) is 4.01. The summed E-state index contributed by atoms with van der Waals surface area (Å²) in [6, 6.07) is 9.61. The lowest BCUT2D eigenvalue weighted by atomic mass is 10.2. The lowest BCUT2D eigenvalue weighted by Crippen LogP contribution is -2.33. The predicted octanol–water partition coefficient (Wildman–Crippen LogP) is 2.48. The summed E-state index contributed by atoms with van der Waals surface area (Å²) < 4.78 is 13.3. The second-order valence-corrected chi connectivity index (χ2v) is 6.14. The molecule has 1 aromatic heterocycles. The van der Waals surface area contributed by atoms with Crippen LogP contribution in [0.2, 0.25) is 0 Å². The van der Waals surface area contributed by atoms with Crippen molar-refractivity contribution in [2.24, 2.45) is 0 Å². The van der Waals surface area contributed by atoms with E-state index in [4.69, 9.17) is 9.47 Å². The molecule has 142 valence electrons. The van der Waals surface area contributed by atoms with Gasteiger partial charge in [-0.1, -0.05) is 36.4 Å². The Kier molecular flexibility index (Phi) is 7.26. The van der Waals surface area contributed by atoms with Crippen molar-refractivity contribution < 1.29 is 14.6 Å². The predicted molar refractivity (Wildman–Crippen MR) is 104 cm³/mol. The largest absolute Gasteiger partial charge is 0.492 e. The van der Waals surface area contributed by atoms with Crippen LogP contribution in [0, 0.1) is 0 Å². The minimum atomic E-state index is -0.568. The van der Waals surface area contributed by atoms with Gasteiger partial charge in [0.15, 0.2) is 0 Å². The molecule has 2 N–H and O–H groups in total. The molecule has 6 heteroatoms. The number of aromatic nitrogens is 2. The molecule has 27 heavy (non-hydrogen) atoms. The first-order valence-electron chi connectivity index (χ1n) is 9.05. The van der Waals surface area contributed by atoms with Crippen molar-refractivity contribution in [3.63, 3.8) is 0 Å². The second-order valence-electron chi connectivity index (χ2n) is 6.14. The van der Waals surface area contributed by atoms with E-state index in [1.165, 1.54) is 0 Å². The van der Waals surface area contributed by atoms with Gasteiger partial charge in [0.25, 0.3) is 0 Å². The van der Waals surface area contributed by atoms with Crippen LogP contribution in [0.5, 0.6) is 5.75 Å². The maximum atomic E-state index is 9.95.